The van der Waals surface area contributed by atoms with Gasteiger partial charge in [-0.25, -0.2) is 0 Å². The summed E-state index contributed by atoms with van der Waals surface area (Å²) in [6.45, 7) is 6.57. The summed E-state index contributed by atoms with van der Waals surface area (Å²) in [4.78, 5) is 10.6. The lowest BCUT2D eigenvalue weighted by molar-refractivity contribution is -0.118. The van der Waals surface area contributed by atoms with E-state index in [0.29, 0.717) is 12.6 Å². The third kappa shape index (κ3) is 6.99. The third-order valence-electron chi connectivity index (χ3n) is 3.23. The summed E-state index contributed by atoms with van der Waals surface area (Å²) >= 11 is 0. The number of primary amides is 1. The van der Waals surface area contributed by atoms with Crippen LogP contribution >= 0.6 is 0 Å². The van der Waals surface area contributed by atoms with Gasteiger partial charge >= 0.3 is 0 Å². The molecule has 5 nitrogen and oxygen atoms in total. The van der Waals surface area contributed by atoms with Crippen molar-refractivity contribution in [2.75, 3.05) is 19.0 Å². The highest BCUT2D eigenvalue weighted by Crippen LogP contribution is 2.20. The highest BCUT2D eigenvalue weighted by Gasteiger charge is 2.19. The van der Waals surface area contributed by atoms with Crippen LogP contribution in [0, 0.1) is 0 Å². The molecule has 0 aromatic heterocycles. The molecule has 0 bridgehead atoms. The van der Waals surface area contributed by atoms with Crippen LogP contribution in [-0.2, 0) is 9.53 Å². The number of carbonyl (C=O) groups excluding carboxylic acids is 1. The van der Waals surface area contributed by atoms with Gasteiger partial charge in [-0.3, -0.25) is 4.79 Å². The quantitative estimate of drug-likeness (QED) is 0.734. The Hall–Kier alpha value is -1.75. The van der Waals surface area contributed by atoms with E-state index in [0.717, 1.165) is 17.9 Å². The second-order valence-corrected chi connectivity index (χ2v) is 5.80. The van der Waals surface area contributed by atoms with Gasteiger partial charge in [0.15, 0.2) is 0 Å². The minimum atomic E-state index is -0.358. The maximum absolute atomic E-state index is 10.6. The summed E-state index contributed by atoms with van der Waals surface area (Å²) in [7, 11) is 1.73. The van der Waals surface area contributed by atoms with Crippen molar-refractivity contribution in [1.29, 1.82) is 0 Å². The van der Waals surface area contributed by atoms with Crippen LogP contribution in [0.5, 0.6) is 5.75 Å². The fourth-order valence-corrected chi connectivity index (χ4v) is 2.07. The summed E-state index contributed by atoms with van der Waals surface area (Å²) < 4.78 is 10.9. The van der Waals surface area contributed by atoms with E-state index < -0.39 is 0 Å². The Labute approximate surface area is 126 Å². The first-order chi connectivity index (χ1) is 9.82. The van der Waals surface area contributed by atoms with Crippen LogP contribution in [0.3, 0.4) is 0 Å². The van der Waals surface area contributed by atoms with E-state index >= 15 is 0 Å². The highest BCUT2D eigenvalue weighted by molar-refractivity contribution is 5.73. The molecule has 1 rings (SSSR count). The van der Waals surface area contributed by atoms with Crippen molar-refractivity contribution in [3.8, 4) is 5.75 Å². The van der Waals surface area contributed by atoms with Gasteiger partial charge in [0.2, 0.25) is 5.91 Å². The van der Waals surface area contributed by atoms with E-state index in [4.69, 9.17) is 15.2 Å². The number of benzene rings is 1. The molecular weight excluding hydrogens is 268 g/mol. The first-order valence-corrected chi connectivity index (χ1v) is 7.15. The zero-order chi connectivity index (χ0) is 15.9. The van der Waals surface area contributed by atoms with E-state index in [1.807, 2.05) is 24.3 Å². The number of carbonyl (C=O) groups is 1. The number of methoxy groups -OCH3 is 1. The Balaban J connectivity index is 2.45. The van der Waals surface area contributed by atoms with Gasteiger partial charge in [0.05, 0.1) is 18.6 Å². The SMILES string of the molecule is COC(C)(C)CC(C)Nc1ccc(OCCC(N)=O)cc1. The lowest BCUT2D eigenvalue weighted by Crippen LogP contribution is -2.31. The van der Waals surface area contributed by atoms with Gasteiger partial charge < -0.3 is 20.5 Å². The molecule has 1 aromatic carbocycles. The Morgan fingerprint density at radius 1 is 1.33 bits per heavy atom. The minimum Gasteiger partial charge on any atom is -0.493 e. The molecule has 5 heteroatoms. The van der Waals surface area contributed by atoms with E-state index in [-0.39, 0.29) is 17.9 Å². The van der Waals surface area contributed by atoms with Gasteiger partial charge in [-0.2, -0.15) is 0 Å². The van der Waals surface area contributed by atoms with Gasteiger partial charge in [-0.05, 0) is 51.5 Å². The predicted molar refractivity (Wildman–Crippen MR) is 84.5 cm³/mol. The molecule has 0 aliphatic heterocycles. The van der Waals surface area contributed by atoms with Crippen molar-refractivity contribution >= 4 is 11.6 Å². The molecule has 0 fully saturated rings. The molecule has 1 aromatic rings. The zero-order valence-corrected chi connectivity index (χ0v) is 13.3. The Kier molecular flexibility index (Phi) is 6.49. The lowest BCUT2D eigenvalue weighted by Gasteiger charge is -2.27. The van der Waals surface area contributed by atoms with Gasteiger partial charge in [0.25, 0.3) is 0 Å². The van der Waals surface area contributed by atoms with Crippen molar-refractivity contribution < 1.29 is 14.3 Å². The molecule has 0 saturated carbocycles. The molecule has 118 valence electrons. The molecule has 1 unspecified atom stereocenters. The average molecular weight is 294 g/mol. The number of amides is 1. The normalized spacial score (nSPS) is 12.8. The Morgan fingerprint density at radius 2 is 1.95 bits per heavy atom. The van der Waals surface area contributed by atoms with Crippen LogP contribution in [0.15, 0.2) is 24.3 Å². The van der Waals surface area contributed by atoms with Crippen LogP contribution in [0.2, 0.25) is 0 Å². The second kappa shape index (κ2) is 7.88. The fraction of sp³-hybridized carbons (Fsp3) is 0.562. The molecule has 21 heavy (non-hydrogen) atoms. The number of hydrogen-bond donors (Lipinski definition) is 2. The third-order valence-corrected chi connectivity index (χ3v) is 3.23. The lowest BCUT2D eigenvalue weighted by atomic mass is 10.00. The number of nitrogens with one attached hydrogen (secondary N) is 1. The summed E-state index contributed by atoms with van der Waals surface area (Å²) in [5.74, 6) is 0.370. The van der Waals surface area contributed by atoms with E-state index in [2.05, 4.69) is 26.1 Å². The summed E-state index contributed by atoms with van der Waals surface area (Å²) in [5.41, 5.74) is 5.93. The monoisotopic (exact) mass is 294 g/mol. The number of rotatable bonds is 9. The molecule has 0 saturated heterocycles. The second-order valence-electron chi connectivity index (χ2n) is 5.80. The first-order valence-electron chi connectivity index (χ1n) is 7.15. The summed E-state index contributed by atoms with van der Waals surface area (Å²) in [6.07, 6.45) is 1.13. The molecule has 1 amide bonds. The maximum atomic E-state index is 10.6. The number of nitrogens with two attached hydrogens (primary N) is 1. The van der Waals surface area contributed by atoms with Crippen LogP contribution in [0.1, 0.15) is 33.6 Å². The molecule has 0 radical (unpaired) electrons. The van der Waals surface area contributed by atoms with Crippen molar-refractivity contribution in [2.24, 2.45) is 5.73 Å². The molecule has 0 spiro atoms. The van der Waals surface area contributed by atoms with E-state index in [9.17, 15) is 4.79 Å². The molecule has 3 N–H and O–H groups in total. The number of hydrogen-bond acceptors (Lipinski definition) is 4. The van der Waals surface area contributed by atoms with Crippen LogP contribution in [-0.4, -0.2) is 31.3 Å². The topological polar surface area (TPSA) is 73.6 Å². The van der Waals surface area contributed by atoms with Crippen LogP contribution in [0.4, 0.5) is 5.69 Å². The average Bonchev–Trinajstić information content (AvgIpc) is 2.39. The van der Waals surface area contributed by atoms with E-state index in [1.54, 1.807) is 7.11 Å². The molecular formula is C16H26N2O3. The largest absolute Gasteiger partial charge is 0.493 e. The zero-order valence-electron chi connectivity index (χ0n) is 13.3. The molecule has 0 heterocycles. The molecule has 0 aliphatic rings. The molecule has 1 atom stereocenters. The van der Waals surface area contributed by atoms with Gasteiger partial charge in [-0.15, -0.1) is 0 Å². The predicted octanol–water partition coefficient (Wildman–Crippen LogP) is 2.56. The minimum absolute atomic E-state index is 0.149. The van der Waals surface area contributed by atoms with Crippen molar-refractivity contribution in [2.45, 2.75) is 45.3 Å². The highest BCUT2D eigenvalue weighted by atomic mass is 16.5. The van der Waals surface area contributed by atoms with Crippen LogP contribution in [0.25, 0.3) is 0 Å². The molecule has 0 aliphatic carbocycles. The smallest absolute Gasteiger partial charge is 0.220 e. The Morgan fingerprint density at radius 3 is 2.48 bits per heavy atom. The van der Waals surface area contributed by atoms with Crippen LogP contribution < -0.4 is 15.8 Å². The van der Waals surface area contributed by atoms with Gasteiger partial charge in [-0.1, -0.05) is 0 Å². The number of anilines is 1. The summed E-state index contributed by atoms with van der Waals surface area (Å²) in [5, 5.41) is 3.42. The van der Waals surface area contributed by atoms with Crippen molar-refractivity contribution in [3.05, 3.63) is 24.3 Å². The van der Waals surface area contributed by atoms with Crippen molar-refractivity contribution in [3.63, 3.8) is 0 Å². The maximum Gasteiger partial charge on any atom is 0.220 e. The Bertz CT molecular complexity index is 443. The first kappa shape index (κ1) is 17.3. The summed E-state index contributed by atoms with van der Waals surface area (Å²) in [6, 6.07) is 7.95. The van der Waals surface area contributed by atoms with Gasteiger partial charge in [0, 0.05) is 18.8 Å². The standard InChI is InChI=1S/C16H26N2O3/c1-12(11-16(2,3)20-4)18-13-5-7-14(8-6-13)21-10-9-15(17)19/h5-8,12,18H,9-11H2,1-4H3,(H2,17,19). The fourth-order valence-electron chi connectivity index (χ4n) is 2.07. The van der Waals surface area contributed by atoms with E-state index in [1.165, 1.54) is 0 Å². The van der Waals surface area contributed by atoms with Crippen molar-refractivity contribution in [1.82, 2.24) is 0 Å². The number of ether oxygens (including phenoxy) is 2. The van der Waals surface area contributed by atoms with Gasteiger partial charge in [0.1, 0.15) is 5.75 Å².